The molecule has 0 aliphatic rings. The van der Waals surface area contributed by atoms with Crippen molar-refractivity contribution in [3.63, 3.8) is 0 Å². The summed E-state index contributed by atoms with van der Waals surface area (Å²) in [6, 6.07) is 12.5. The molecule has 0 aliphatic carbocycles. The molecule has 3 aromatic rings. The highest BCUT2D eigenvalue weighted by atomic mass is 35.5. The molecule has 0 atom stereocenters. The second-order valence-electron chi connectivity index (χ2n) is 4.42. The van der Waals surface area contributed by atoms with Gasteiger partial charge < -0.3 is 0 Å². The van der Waals surface area contributed by atoms with Gasteiger partial charge in [-0.1, -0.05) is 23.4 Å². The van der Waals surface area contributed by atoms with Crippen molar-refractivity contribution in [2.75, 3.05) is 0 Å². The van der Waals surface area contributed by atoms with Gasteiger partial charge in [0, 0.05) is 11.6 Å². The van der Waals surface area contributed by atoms with Crippen LogP contribution in [0, 0.1) is 11.6 Å². The molecule has 0 amide bonds. The molecule has 106 valence electrons. The first-order valence-corrected chi connectivity index (χ1v) is 6.75. The van der Waals surface area contributed by atoms with Crippen LogP contribution in [0.2, 0.25) is 0 Å². The Bertz CT molecular complexity index is 752. The van der Waals surface area contributed by atoms with Gasteiger partial charge in [-0.25, -0.2) is 13.5 Å². The third-order valence-corrected chi connectivity index (χ3v) is 3.26. The Labute approximate surface area is 124 Å². The average Bonchev–Trinajstić information content (AvgIpc) is 2.91. The topological polar surface area (TPSA) is 30.7 Å². The first kappa shape index (κ1) is 13.7. The Kier molecular flexibility index (Phi) is 3.66. The van der Waals surface area contributed by atoms with Crippen molar-refractivity contribution in [3.8, 4) is 16.9 Å². The molecule has 0 saturated heterocycles. The van der Waals surface area contributed by atoms with E-state index in [4.69, 9.17) is 11.6 Å². The summed E-state index contributed by atoms with van der Waals surface area (Å²) >= 11 is 5.86. The molecule has 3 nitrogen and oxygen atoms in total. The number of halogens is 3. The van der Waals surface area contributed by atoms with E-state index in [0.29, 0.717) is 17.0 Å². The van der Waals surface area contributed by atoms with Crippen LogP contribution in [0.3, 0.4) is 0 Å². The molecule has 0 saturated carbocycles. The van der Waals surface area contributed by atoms with Crippen molar-refractivity contribution in [1.29, 1.82) is 0 Å². The van der Waals surface area contributed by atoms with Gasteiger partial charge in [-0.15, -0.1) is 16.7 Å². The fourth-order valence-corrected chi connectivity index (χ4v) is 2.31. The molecule has 0 fully saturated rings. The molecule has 0 spiro atoms. The van der Waals surface area contributed by atoms with E-state index in [-0.39, 0.29) is 5.88 Å². The molecule has 1 heterocycles. The molecule has 1 aromatic heterocycles. The van der Waals surface area contributed by atoms with Crippen molar-refractivity contribution in [2.24, 2.45) is 0 Å². The van der Waals surface area contributed by atoms with Gasteiger partial charge >= 0.3 is 0 Å². The largest absolute Gasteiger partial charge is 0.213 e. The van der Waals surface area contributed by atoms with E-state index in [1.165, 1.54) is 16.8 Å². The lowest BCUT2D eigenvalue weighted by atomic mass is 10.1. The van der Waals surface area contributed by atoms with E-state index in [0.717, 1.165) is 11.8 Å². The molecule has 6 heteroatoms. The summed E-state index contributed by atoms with van der Waals surface area (Å²) in [6.45, 7) is 0. The lowest BCUT2D eigenvalue weighted by molar-refractivity contribution is 0.584. The van der Waals surface area contributed by atoms with Crippen molar-refractivity contribution in [2.45, 2.75) is 5.88 Å². The fraction of sp³-hybridized carbons (Fsp3) is 0.0667. The van der Waals surface area contributed by atoms with E-state index < -0.39 is 11.6 Å². The van der Waals surface area contributed by atoms with Gasteiger partial charge in [-0.3, -0.25) is 0 Å². The minimum absolute atomic E-state index is 0.0975. The average molecular weight is 306 g/mol. The number of aromatic nitrogens is 3. The standard InChI is InChI=1S/C15H10ClF2N3/c16-9-14-15(10-6-11(17)8-12(18)7-10)21(20-19-14)13-4-2-1-3-5-13/h1-8H,9H2. The maximum absolute atomic E-state index is 13.5. The van der Waals surface area contributed by atoms with Crippen LogP contribution in [0.1, 0.15) is 5.69 Å². The zero-order valence-electron chi connectivity index (χ0n) is 10.8. The molecule has 3 rings (SSSR count). The minimum Gasteiger partial charge on any atom is -0.213 e. The first-order valence-electron chi connectivity index (χ1n) is 6.21. The van der Waals surface area contributed by atoms with E-state index in [9.17, 15) is 8.78 Å². The summed E-state index contributed by atoms with van der Waals surface area (Å²) in [5, 5.41) is 8.01. The predicted molar refractivity (Wildman–Crippen MR) is 76.3 cm³/mol. The maximum Gasteiger partial charge on any atom is 0.126 e. The second-order valence-corrected chi connectivity index (χ2v) is 4.69. The van der Waals surface area contributed by atoms with Gasteiger partial charge in [-0.05, 0) is 24.3 Å². The summed E-state index contributed by atoms with van der Waals surface area (Å²) in [7, 11) is 0. The van der Waals surface area contributed by atoms with E-state index in [1.54, 1.807) is 0 Å². The molecular formula is C15H10ClF2N3. The summed E-state index contributed by atoms with van der Waals surface area (Å²) in [4.78, 5) is 0. The highest BCUT2D eigenvalue weighted by Gasteiger charge is 2.17. The van der Waals surface area contributed by atoms with Crippen molar-refractivity contribution in [1.82, 2.24) is 15.0 Å². The maximum atomic E-state index is 13.5. The van der Waals surface area contributed by atoms with Crippen LogP contribution < -0.4 is 0 Å². The fourth-order valence-electron chi connectivity index (χ4n) is 2.13. The van der Waals surface area contributed by atoms with Crippen molar-refractivity contribution < 1.29 is 8.78 Å². The van der Waals surface area contributed by atoms with Crippen molar-refractivity contribution >= 4 is 11.6 Å². The van der Waals surface area contributed by atoms with Crippen LogP contribution in [0.15, 0.2) is 48.5 Å². The number of alkyl halides is 1. The zero-order valence-corrected chi connectivity index (χ0v) is 11.6. The first-order chi connectivity index (χ1) is 10.2. The monoisotopic (exact) mass is 305 g/mol. The van der Waals surface area contributed by atoms with Crippen LogP contribution >= 0.6 is 11.6 Å². The number of nitrogens with zero attached hydrogens (tertiary/aromatic N) is 3. The third-order valence-electron chi connectivity index (χ3n) is 3.00. The van der Waals surface area contributed by atoms with Gasteiger partial charge in [0.05, 0.1) is 17.3 Å². The van der Waals surface area contributed by atoms with Crippen LogP contribution in [0.5, 0.6) is 0 Å². The van der Waals surface area contributed by atoms with E-state index in [2.05, 4.69) is 10.3 Å². The third kappa shape index (κ3) is 2.64. The lowest BCUT2D eigenvalue weighted by Gasteiger charge is -2.08. The molecule has 0 aliphatic heterocycles. The Balaban J connectivity index is 2.23. The zero-order chi connectivity index (χ0) is 14.8. The number of para-hydroxylation sites is 1. The summed E-state index contributed by atoms with van der Waals surface area (Å²) in [5.41, 5.74) is 2.03. The Morgan fingerprint density at radius 1 is 1.00 bits per heavy atom. The van der Waals surface area contributed by atoms with Gasteiger partial charge in [0.1, 0.15) is 17.3 Å². The summed E-state index contributed by atoms with van der Waals surface area (Å²) in [6.07, 6.45) is 0. The molecule has 0 N–H and O–H groups in total. The van der Waals surface area contributed by atoms with Crippen LogP contribution in [0.4, 0.5) is 8.78 Å². The Morgan fingerprint density at radius 3 is 2.29 bits per heavy atom. The number of benzene rings is 2. The quantitative estimate of drug-likeness (QED) is 0.686. The number of rotatable bonds is 3. The number of hydrogen-bond donors (Lipinski definition) is 0. The van der Waals surface area contributed by atoms with Gasteiger partial charge in [0.15, 0.2) is 0 Å². The van der Waals surface area contributed by atoms with E-state index in [1.807, 2.05) is 30.3 Å². The molecule has 2 aromatic carbocycles. The summed E-state index contributed by atoms with van der Waals surface area (Å²) < 4.78 is 28.5. The highest BCUT2D eigenvalue weighted by Crippen LogP contribution is 2.27. The normalized spacial score (nSPS) is 10.8. The molecule has 0 unspecified atom stereocenters. The smallest absolute Gasteiger partial charge is 0.126 e. The van der Waals surface area contributed by atoms with Gasteiger partial charge in [0.2, 0.25) is 0 Å². The Hall–Kier alpha value is -2.27. The second kappa shape index (κ2) is 5.61. The number of hydrogen-bond acceptors (Lipinski definition) is 2. The lowest BCUT2D eigenvalue weighted by Crippen LogP contribution is -2.00. The van der Waals surface area contributed by atoms with Crippen molar-refractivity contribution in [3.05, 3.63) is 65.9 Å². The van der Waals surface area contributed by atoms with E-state index >= 15 is 0 Å². The van der Waals surface area contributed by atoms with Crippen LogP contribution in [-0.4, -0.2) is 15.0 Å². The minimum atomic E-state index is -0.661. The van der Waals surface area contributed by atoms with Crippen LogP contribution in [0.25, 0.3) is 16.9 Å². The highest BCUT2D eigenvalue weighted by molar-refractivity contribution is 6.17. The van der Waals surface area contributed by atoms with Gasteiger partial charge in [-0.2, -0.15) is 0 Å². The predicted octanol–water partition coefficient (Wildman–Crippen LogP) is 3.95. The summed E-state index contributed by atoms with van der Waals surface area (Å²) in [5.74, 6) is -1.22. The van der Waals surface area contributed by atoms with Gasteiger partial charge in [0.25, 0.3) is 0 Å². The SMILES string of the molecule is Fc1cc(F)cc(-c2c(CCl)nnn2-c2ccccc2)c1. The molecular weight excluding hydrogens is 296 g/mol. The molecule has 21 heavy (non-hydrogen) atoms. The molecule has 0 bridgehead atoms. The van der Waals surface area contributed by atoms with Crippen LogP contribution in [-0.2, 0) is 5.88 Å². The Morgan fingerprint density at radius 2 is 1.67 bits per heavy atom. The molecule has 0 radical (unpaired) electrons.